The lowest BCUT2D eigenvalue weighted by molar-refractivity contribution is -0.139. The summed E-state index contributed by atoms with van der Waals surface area (Å²) in [6, 6.07) is 18.1. The molecule has 212 valence electrons. The van der Waals surface area contributed by atoms with Crippen LogP contribution in [0.5, 0.6) is 0 Å². The van der Waals surface area contributed by atoms with E-state index in [0.29, 0.717) is 20.6 Å². The van der Waals surface area contributed by atoms with Gasteiger partial charge in [-0.15, -0.1) is 0 Å². The van der Waals surface area contributed by atoms with Gasteiger partial charge in [-0.25, -0.2) is 8.42 Å². The van der Waals surface area contributed by atoms with E-state index < -0.39 is 28.5 Å². The summed E-state index contributed by atoms with van der Waals surface area (Å²) in [5.41, 5.74) is 0.915. The summed E-state index contributed by atoms with van der Waals surface area (Å²) < 4.78 is 28.6. The van der Waals surface area contributed by atoms with E-state index in [0.717, 1.165) is 30.0 Å². The summed E-state index contributed by atoms with van der Waals surface area (Å²) in [5, 5.41) is 4.21. The molecule has 0 bridgehead atoms. The van der Waals surface area contributed by atoms with Crippen LogP contribution in [-0.2, 0) is 26.2 Å². The van der Waals surface area contributed by atoms with Crippen molar-refractivity contribution in [2.45, 2.75) is 56.1 Å². The Bertz CT molecular complexity index is 1460. The van der Waals surface area contributed by atoms with Crippen LogP contribution in [0.3, 0.4) is 0 Å². The predicted molar refractivity (Wildman–Crippen MR) is 159 cm³/mol. The van der Waals surface area contributed by atoms with Crippen molar-refractivity contribution in [1.82, 2.24) is 10.2 Å². The van der Waals surface area contributed by atoms with Gasteiger partial charge in [0, 0.05) is 27.7 Å². The molecule has 11 heteroatoms. The van der Waals surface area contributed by atoms with Gasteiger partial charge in [0.2, 0.25) is 11.8 Å². The van der Waals surface area contributed by atoms with E-state index in [1.165, 1.54) is 35.2 Å². The van der Waals surface area contributed by atoms with Gasteiger partial charge in [-0.2, -0.15) is 0 Å². The molecule has 1 aliphatic rings. The lowest BCUT2D eigenvalue weighted by atomic mass is 10.1. The maximum absolute atomic E-state index is 14.0. The molecule has 3 aromatic rings. The number of hydrogen-bond donors (Lipinski definition) is 1. The zero-order valence-corrected chi connectivity index (χ0v) is 25.0. The molecule has 1 aliphatic carbocycles. The number of carbonyl (C=O) groups excluding carboxylic acids is 2. The number of sulfonamides is 1. The van der Waals surface area contributed by atoms with Gasteiger partial charge in [-0.3, -0.25) is 13.9 Å². The lowest BCUT2D eigenvalue weighted by Gasteiger charge is -2.32. The molecule has 0 saturated heterocycles. The number of benzene rings is 3. The van der Waals surface area contributed by atoms with Crippen molar-refractivity contribution in [1.29, 1.82) is 0 Å². The topological polar surface area (TPSA) is 86.8 Å². The van der Waals surface area contributed by atoms with Gasteiger partial charge in [0.25, 0.3) is 10.0 Å². The highest BCUT2D eigenvalue weighted by molar-refractivity contribution is 7.92. The molecule has 0 heterocycles. The zero-order valence-electron chi connectivity index (χ0n) is 21.9. The van der Waals surface area contributed by atoms with Crippen molar-refractivity contribution >= 4 is 62.3 Å². The van der Waals surface area contributed by atoms with Gasteiger partial charge in [0.05, 0.1) is 10.6 Å². The van der Waals surface area contributed by atoms with Crippen LogP contribution in [0.15, 0.2) is 77.7 Å². The molecular formula is C29H30Cl3N3O4S. The standard InChI is InChI=1S/C29H30Cl3N3O4S/c1-20(29(37)33-25-9-2-3-10-25)34(18-21-6-4-7-23(31)16-21)28(36)19-35(26-11-5-8-24(32)17-26)40(38,39)27-14-12-22(30)13-15-27/h4-8,11-17,20,25H,2-3,9-10,18-19H2,1H3,(H,33,37)/t20-/m0/s1. The van der Waals surface area contributed by atoms with E-state index in [-0.39, 0.29) is 29.1 Å². The van der Waals surface area contributed by atoms with Crippen molar-refractivity contribution in [3.8, 4) is 0 Å². The average molecular weight is 623 g/mol. The predicted octanol–water partition coefficient (Wildman–Crippen LogP) is 6.32. The Kier molecular flexibility index (Phi) is 10.0. The maximum Gasteiger partial charge on any atom is 0.264 e. The molecule has 0 aromatic heterocycles. The lowest BCUT2D eigenvalue weighted by Crippen LogP contribution is -2.52. The zero-order chi connectivity index (χ0) is 28.9. The Morgan fingerprint density at radius 3 is 2.15 bits per heavy atom. The Morgan fingerprint density at radius 1 is 0.900 bits per heavy atom. The summed E-state index contributed by atoms with van der Waals surface area (Å²) >= 11 is 18.4. The highest BCUT2D eigenvalue weighted by Crippen LogP contribution is 2.28. The van der Waals surface area contributed by atoms with Crippen LogP contribution in [0.2, 0.25) is 15.1 Å². The molecule has 3 aromatic carbocycles. The van der Waals surface area contributed by atoms with Crippen LogP contribution in [0.4, 0.5) is 5.69 Å². The fourth-order valence-electron chi connectivity index (χ4n) is 4.70. The molecule has 1 fully saturated rings. The quantitative estimate of drug-likeness (QED) is 0.287. The first-order valence-corrected chi connectivity index (χ1v) is 15.5. The Morgan fingerprint density at radius 2 is 1.52 bits per heavy atom. The number of hydrogen-bond acceptors (Lipinski definition) is 4. The molecule has 1 atom stereocenters. The molecule has 1 saturated carbocycles. The van der Waals surface area contributed by atoms with Crippen LogP contribution in [0.1, 0.15) is 38.2 Å². The van der Waals surface area contributed by atoms with E-state index in [1.807, 2.05) is 0 Å². The van der Waals surface area contributed by atoms with E-state index in [9.17, 15) is 18.0 Å². The third kappa shape index (κ3) is 7.49. The number of amides is 2. The molecule has 2 amide bonds. The van der Waals surface area contributed by atoms with Crippen LogP contribution in [-0.4, -0.2) is 43.8 Å². The van der Waals surface area contributed by atoms with Gasteiger partial charge < -0.3 is 10.2 Å². The SMILES string of the molecule is C[C@@H](C(=O)NC1CCCC1)N(Cc1cccc(Cl)c1)C(=O)CN(c1cccc(Cl)c1)S(=O)(=O)c1ccc(Cl)cc1. The Balaban J connectivity index is 1.69. The second kappa shape index (κ2) is 13.3. The highest BCUT2D eigenvalue weighted by Gasteiger charge is 2.33. The smallest absolute Gasteiger partial charge is 0.264 e. The van der Waals surface area contributed by atoms with E-state index in [1.54, 1.807) is 49.4 Å². The van der Waals surface area contributed by atoms with Crippen LogP contribution < -0.4 is 9.62 Å². The van der Waals surface area contributed by atoms with Gasteiger partial charge >= 0.3 is 0 Å². The third-order valence-corrected chi connectivity index (χ3v) is 9.40. The third-order valence-electron chi connectivity index (χ3n) is 6.89. The molecular weight excluding hydrogens is 593 g/mol. The minimum atomic E-state index is -4.21. The largest absolute Gasteiger partial charge is 0.352 e. The van der Waals surface area contributed by atoms with Crippen molar-refractivity contribution in [2.75, 3.05) is 10.8 Å². The monoisotopic (exact) mass is 621 g/mol. The Hall–Kier alpha value is -2.78. The highest BCUT2D eigenvalue weighted by atomic mass is 35.5. The number of nitrogens with one attached hydrogen (secondary N) is 1. The summed E-state index contributed by atoms with van der Waals surface area (Å²) in [4.78, 5) is 28.6. The molecule has 7 nitrogen and oxygen atoms in total. The van der Waals surface area contributed by atoms with Gasteiger partial charge in [-0.1, -0.05) is 65.8 Å². The molecule has 0 aliphatic heterocycles. The summed E-state index contributed by atoms with van der Waals surface area (Å²) in [7, 11) is -4.21. The van der Waals surface area contributed by atoms with Crippen LogP contribution >= 0.6 is 34.8 Å². The van der Waals surface area contributed by atoms with Gasteiger partial charge in [0.1, 0.15) is 12.6 Å². The van der Waals surface area contributed by atoms with Crippen LogP contribution in [0, 0.1) is 0 Å². The first-order valence-electron chi connectivity index (χ1n) is 12.9. The van der Waals surface area contributed by atoms with Crippen molar-refractivity contribution in [2.24, 2.45) is 0 Å². The molecule has 4 rings (SSSR count). The molecule has 0 radical (unpaired) electrons. The Labute approximate surface area is 250 Å². The number of rotatable bonds is 10. The number of halogens is 3. The van der Waals surface area contributed by atoms with Crippen molar-refractivity contribution < 1.29 is 18.0 Å². The fourth-order valence-corrected chi connectivity index (χ4v) is 6.63. The minimum Gasteiger partial charge on any atom is -0.352 e. The van der Waals surface area contributed by atoms with Crippen molar-refractivity contribution in [3.05, 3.63) is 93.4 Å². The molecule has 0 unspecified atom stereocenters. The van der Waals surface area contributed by atoms with E-state index in [4.69, 9.17) is 34.8 Å². The number of nitrogens with zero attached hydrogens (tertiary/aromatic N) is 2. The minimum absolute atomic E-state index is 0.0434. The normalized spacial score (nSPS) is 14.5. The fraction of sp³-hybridized carbons (Fsp3) is 0.310. The molecule has 40 heavy (non-hydrogen) atoms. The second-order valence-corrected chi connectivity index (χ2v) is 12.9. The molecule has 1 N–H and O–H groups in total. The molecule has 0 spiro atoms. The van der Waals surface area contributed by atoms with Gasteiger partial charge in [0.15, 0.2) is 0 Å². The van der Waals surface area contributed by atoms with Gasteiger partial charge in [-0.05, 0) is 79.9 Å². The van der Waals surface area contributed by atoms with E-state index >= 15 is 0 Å². The number of carbonyl (C=O) groups is 2. The van der Waals surface area contributed by atoms with Crippen molar-refractivity contribution in [3.63, 3.8) is 0 Å². The second-order valence-electron chi connectivity index (χ2n) is 9.76. The summed E-state index contributed by atoms with van der Waals surface area (Å²) in [5.74, 6) is -0.858. The summed E-state index contributed by atoms with van der Waals surface area (Å²) in [6.45, 7) is 1.14. The van der Waals surface area contributed by atoms with E-state index in [2.05, 4.69) is 5.32 Å². The average Bonchev–Trinajstić information content (AvgIpc) is 3.43. The number of anilines is 1. The first-order chi connectivity index (χ1) is 19.0. The summed E-state index contributed by atoms with van der Waals surface area (Å²) in [6.07, 6.45) is 3.87. The first kappa shape index (κ1) is 30.2. The van der Waals surface area contributed by atoms with Crippen LogP contribution in [0.25, 0.3) is 0 Å². The maximum atomic E-state index is 14.0.